The Balaban J connectivity index is 2.21. The van der Waals surface area contributed by atoms with Gasteiger partial charge in [-0.1, -0.05) is 37.0 Å². The quantitative estimate of drug-likeness (QED) is 0.245. The molecule has 0 N–H and O–H groups in total. The monoisotopic (exact) mass is 496 g/mol. The van der Waals surface area contributed by atoms with E-state index in [0.29, 0.717) is 0 Å². The van der Waals surface area contributed by atoms with E-state index >= 15 is 0 Å². The Morgan fingerprint density at radius 1 is 1.06 bits per heavy atom. The van der Waals surface area contributed by atoms with Crippen LogP contribution in [0.1, 0.15) is 25.0 Å². The van der Waals surface area contributed by atoms with Gasteiger partial charge in [0.25, 0.3) is 0 Å². The van der Waals surface area contributed by atoms with E-state index in [-0.39, 0.29) is 11.1 Å². The largest absolute Gasteiger partial charge is 0.460 e. The predicted octanol–water partition coefficient (Wildman–Crippen LogP) is 6.84. The molecule has 2 nitrogen and oxygen atoms in total. The molecule has 1 aromatic carbocycles. The lowest BCUT2D eigenvalue weighted by Gasteiger charge is -2.12. The molecule has 1 fully saturated rings. The number of halogens is 10. The molecule has 0 amide bonds. The SMILES string of the molecule is CC1(C)[C@H](/C=C(\F)C(F)(F)F)[C@@H]1C(=O)OCc1c(F)c(F)c(C/C(Cl)=C\Cl)c(F)c1F. The van der Waals surface area contributed by atoms with Crippen molar-refractivity contribution in [2.75, 3.05) is 0 Å². The van der Waals surface area contributed by atoms with Gasteiger partial charge in [0.05, 0.1) is 11.5 Å². The Hall–Kier alpha value is -1.81. The number of hydrogen-bond acceptors (Lipinski definition) is 2. The van der Waals surface area contributed by atoms with E-state index in [0.717, 1.165) is 5.54 Å². The van der Waals surface area contributed by atoms with Crippen molar-refractivity contribution in [3.63, 3.8) is 0 Å². The fourth-order valence-electron chi connectivity index (χ4n) is 3.14. The fourth-order valence-corrected chi connectivity index (χ4v) is 3.35. The van der Waals surface area contributed by atoms with Crippen LogP contribution in [0.5, 0.6) is 0 Å². The maximum Gasteiger partial charge on any atom is 0.442 e. The summed E-state index contributed by atoms with van der Waals surface area (Å²) in [6, 6.07) is 0. The normalized spacial score (nSPS) is 21.3. The number of carbonyl (C=O) groups is 1. The van der Waals surface area contributed by atoms with Crippen LogP contribution >= 0.6 is 23.2 Å². The number of allylic oxidation sites excluding steroid dienone is 3. The van der Waals surface area contributed by atoms with Crippen LogP contribution in [0.2, 0.25) is 0 Å². The van der Waals surface area contributed by atoms with Crippen molar-refractivity contribution in [3.05, 3.63) is 56.9 Å². The highest BCUT2D eigenvalue weighted by molar-refractivity contribution is 6.36. The van der Waals surface area contributed by atoms with Crippen LogP contribution in [-0.2, 0) is 22.6 Å². The number of benzene rings is 1. The standard InChI is InChI=1S/C19H14Cl2F8O2/c1-18(2)10(4-11(22)19(27,28)29)12(18)17(30)31-6-9-15(25)13(23)8(3-7(21)5-20)14(24)16(9)26/h4-5,10,12H,3,6H2,1-2H3/b7-5+,11-4-/t10-,12-/m1/s1. The first-order chi connectivity index (χ1) is 14.1. The highest BCUT2D eigenvalue weighted by atomic mass is 35.5. The minimum Gasteiger partial charge on any atom is -0.460 e. The molecule has 1 saturated carbocycles. The predicted molar refractivity (Wildman–Crippen MR) is 95.6 cm³/mol. The van der Waals surface area contributed by atoms with Crippen LogP contribution < -0.4 is 0 Å². The van der Waals surface area contributed by atoms with Crippen molar-refractivity contribution in [3.8, 4) is 0 Å². The van der Waals surface area contributed by atoms with E-state index in [1.165, 1.54) is 13.8 Å². The number of ether oxygens (including phenoxy) is 1. The summed E-state index contributed by atoms with van der Waals surface area (Å²) < 4.78 is 112. The molecule has 0 spiro atoms. The van der Waals surface area contributed by atoms with E-state index in [9.17, 15) is 39.9 Å². The molecular weight excluding hydrogens is 483 g/mol. The molecule has 1 aliphatic rings. The van der Waals surface area contributed by atoms with Crippen molar-refractivity contribution >= 4 is 29.2 Å². The highest BCUT2D eigenvalue weighted by Gasteiger charge is 2.62. The summed E-state index contributed by atoms with van der Waals surface area (Å²) in [4.78, 5) is 12.2. The lowest BCUT2D eigenvalue weighted by molar-refractivity contribution is -0.147. The summed E-state index contributed by atoms with van der Waals surface area (Å²) in [6.07, 6.45) is -5.77. The minimum atomic E-state index is -5.24. The first-order valence-corrected chi connectivity index (χ1v) is 9.35. The summed E-state index contributed by atoms with van der Waals surface area (Å²) in [5.74, 6) is -13.3. The van der Waals surface area contributed by atoms with Gasteiger partial charge in [0.15, 0.2) is 29.1 Å². The Labute approximate surface area is 181 Å². The summed E-state index contributed by atoms with van der Waals surface area (Å²) >= 11 is 10.8. The van der Waals surface area contributed by atoms with Crippen molar-refractivity contribution in [2.24, 2.45) is 17.3 Å². The zero-order chi connectivity index (χ0) is 23.9. The van der Waals surface area contributed by atoms with Crippen LogP contribution in [0.25, 0.3) is 0 Å². The fraction of sp³-hybridized carbons (Fsp3) is 0.421. The summed E-state index contributed by atoms with van der Waals surface area (Å²) in [5, 5.41) is -0.307. The average molecular weight is 497 g/mol. The van der Waals surface area contributed by atoms with Gasteiger partial charge >= 0.3 is 12.1 Å². The number of carbonyl (C=O) groups excluding carboxylic acids is 1. The van der Waals surface area contributed by atoms with Crippen molar-refractivity contribution in [2.45, 2.75) is 33.1 Å². The van der Waals surface area contributed by atoms with E-state index in [2.05, 4.69) is 4.74 Å². The summed E-state index contributed by atoms with van der Waals surface area (Å²) in [5.41, 5.74) is -2.68. The highest BCUT2D eigenvalue weighted by Crippen LogP contribution is 2.60. The molecule has 1 aliphatic carbocycles. The number of rotatable bonds is 6. The second kappa shape index (κ2) is 8.97. The maximum atomic E-state index is 14.2. The van der Waals surface area contributed by atoms with Gasteiger partial charge in [0.1, 0.15) is 6.61 Å². The van der Waals surface area contributed by atoms with E-state index in [4.69, 9.17) is 23.2 Å². The van der Waals surface area contributed by atoms with Crippen molar-refractivity contribution in [1.29, 1.82) is 0 Å². The third-order valence-electron chi connectivity index (χ3n) is 5.03. The Bertz CT molecular complexity index is 924. The van der Waals surface area contributed by atoms with Crippen LogP contribution in [0.4, 0.5) is 35.1 Å². The van der Waals surface area contributed by atoms with Crippen LogP contribution in [0.15, 0.2) is 22.5 Å². The van der Waals surface area contributed by atoms with Gasteiger partial charge in [0.2, 0.25) is 0 Å². The molecule has 0 heterocycles. The number of alkyl halides is 3. The third-order valence-corrected chi connectivity index (χ3v) is 5.65. The molecular formula is C19H14Cl2F8O2. The third kappa shape index (κ3) is 5.16. The molecule has 0 unspecified atom stereocenters. The molecule has 2 rings (SSSR count). The lowest BCUT2D eigenvalue weighted by Crippen LogP contribution is -2.15. The Morgan fingerprint density at radius 2 is 1.55 bits per heavy atom. The number of esters is 1. The van der Waals surface area contributed by atoms with Crippen LogP contribution in [-0.4, -0.2) is 12.1 Å². The smallest absolute Gasteiger partial charge is 0.442 e. The summed E-state index contributed by atoms with van der Waals surface area (Å²) in [6.45, 7) is 1.47. The van der Waals surface area contributed by atoms with E-state index in [1.54, 1.807) is 0 Å². The van der Waals surface area contributed by atoms with Gasteiger partial charge in [0, 0.05) is 22.6 Å². The van der Waals surface area contributed by atoms with E-state index in [1.807, 2.05) is 0 Å². The second-order valence-corrected chi connectivity index (χ2v) is 8.09. The van der Waals surface area contributed by atoms with Crippen molar-refractivity contribution < 1.29 is 44.7 Å². The second-order valence-electron chi connectivity index (χ2n) is 7.39. The van der Waals surface area contributed by atoms with Gasteiger partial charge in [-0.25, -0.2) is 22.0 Å². The molecule has 172 valence electrons. The van der Waals surface area contributed by atoms with Gasteiger partial charge in [-0.2, -0.15) is 13.2 Å². The Kier molecular flexibility index (Phi) is 7.37. The zero-order valence-corrected chi connectivity index (χ0v) is 17.3. The number of hydrogen-bond donors (Lipinski definition) is 0. The average Bonchev–Trinajstić information content (AvgIpc) is 3.22. The molecule has 1 aromatic rings. The molecule has 0 aliphatic heterocycles. The van der Waals surface area contributed by atoms with Crippen LogP contribution in [0, 0.1) is 40.5 Å². The van der Waals surface area contributed by atoms with Crippen molar-refractivity contribution in [1.82, 2.24) is 0 Å². The van der Waals surface area contributed by atoms with Crippen LogP contribution in [0.3, 0.4) is 0 Å². The molecule has 2 atom stereocenters. The molecule has 0 radical (unpaired) electrons. The first-order valence-electron chi connectivity index (χ1n) is 8.54. The van der Waals surface area contributed by atoms with E-state index < -0.39 is 82.6 Å². The molecule has 12 heteroatoms. The molecule has 0 aromatic heterocycles. The topological polar surface area (TPSA) is 26.3 Å². The van der Waals surface area contributed by atoms with Gasteiger partial charge in [-0.15, -0.1) is 0 Å². The first kappa shape index (κ1) is 25.5. The Morgan fingerprint density at radius 3 is 2.00 bits per heavy atom. The molecule has 31 heavy (non-hydrogen) atoms. The van der Waals surface area contributed by atoms with Gasteiger partial charge in [-0.05, 0) is 17.4 Å². The maximum absolute atomic E-state index is 14.2. The zero-order valence-electron chi connectivity index (χ0n) is 15.8. The minimum absolute atomic E-state index is 0.218. The van der Waals surface area contributed by atoms with Gasteiger partial charge < -0.3 is 4.74 Å². The van der Waals surface area contributed by atoms with Gasteiger partial charge in [-0.3, -0.25) is 4.79 Å². The lowest BCUT2D eigenvalue weighted by atomic mass is 10.1. The molecule has 0 bridgehead atoms. The molecule has 0 saturated heterocycles. The summed E-state index contributed by atoms with van der Waals surface area (Å²) in [7, 11) is 0.